The molecule has 0 saturated carbocycles. The monoisotopic (exact) mass is 317 g/mol. The molecule has 0 aliphatic carbocycles. The van der Waals surface area contributed by atoms with Crippen LogP contribution in [-0.4, -0.2) is 41.9 Å². The summed E-state index contributed by atoms with van der Waals surface area (Å²) in [5, 5.41) is 8.74. The van der Waals surface area contributed by atoms with E-state index in [1.807, 2.05) is 25.1 Å². The summed E-state index contributed by atoms with van der Waals surface area (Å²) in [4.78, 5) is 14.3. The molecule has 94 valence electrons. The zero-order valence-electron chi connectivity index (χ0n) is 9.94. The molecule has 0 spiro atoms. The van der Waals surface area contributed by atoms with Gasteiger partial charge in [-0.3, -0.25) is 4.79 Å². The minimum absolute atomic E-state index is 0.00418. The first kappa shape index (κ1) is 14.5. The Kier molecular flexibility index (Phi) is 6.02. The van der Waals surface area contributed by atoms with Gasteiger partial charge < -0.3 is 10.0 Å². The first-order valence-corrected chi connectivity index (χ1v) is 7.06. The van der Waals surface area contributed by atoms with E-state index in [1.165, 1.54) is 11.8 Å². The van der Waals surface area contributed by atoms with Crippen LogP contribution in [0.15, 0.2) is 27.6 Å². The number of benzene rings is 1. The van der Waals surface area contributed by atoms with Gasteiger partial charge in [-0.2, -0.15) is 0 Å². The van der Waals surface area contributed by atoms with Gasteiger partial charge in [-0.05, 0) is 30.7 Å². The number of rotatable bonds is 5. The zero-order valence-corrected chi connectivity index (χ0v) is 12.3. The fourth-order valence-corrected chi connectivity index (χ4v) is 2.72. The molecular formula is C12H16BrNO2S. The quantitative estimate of drug-likeness (QED) is 0.847. The van der Waals surface area contributed by atoms with Crippen molar-refractivity contribution in [2.75, 3.05) is 26.0 Å². The second-order valence-electron chi connectivity index (χ2n) is 3.74. The molecule has 1 rings (SSSR count). The van der Waals surface area contributed by atoms with Crippen LogP contribution in [0.5, 0.6) is 0 Å². The summed E-state index contributed by atoms with van der Waals surface area (Å²) in [6.45, 7) is 2.41. The summed E-state index contributed by atoms with van der Waals surface area (Å²) in [6.07, 6.45) is 0. The van der Waals surface area contributed by atoms with Crippen molar-refractivity contribution >= 4 is 33.6 Å². The first-order valence-electron chi connectivity index (χ1n) is 5.28. The van der Waals surface area contributed by atoms with E-state index in [1.54, 1.807) is 11.9 Å². The lowest BCUT2D eigenvalue weighted by molar-refractivity contribution is -0.127. The Morgan fingerprint density at radius 3 is 2.82 bits per heavy atom. The number of likely N-dealkylation sites (N-methyl/N-ethyl adjacent to an activating group) is 1. The van der Waals surface area contributed by atoms with Crippen molar-refractivity contribution < 1.29 is 9.90 Å². The molecule has 0 radical (unpaired) electrons. The van der Waals surface area contributed by atoms with Crippen molar-refractivity contribution in [1.29, 1.82) is 0 Å². The molecule has 0 unspecified atom stereocenters. The molecule has 0 aromatic heterocycles. The SMILES string of the molecule is Cc1cc(Br)ccc1SCC(=O)N(C)CCO. The van der Waals surface area contributed by atoms with Crippen molar-refractivity contribution in [2.24, 2.45) is 0 Å². The zero-order chi connectivity index (χ0) is 12.8. The summed E-state index contributed by atoms with van der Waals surface area (Å²) in [7, 11) is 1.70. The predicted molar refractivity (Wildman–Crippen MR) is 74.3 cm³/mol. The van der Waals surface area contributed by atoms with Gasteiger partial charge in [0.1, 0.15) is 0 Å². The van der Waals surface area contributed by atoms with Gasteiger partial charge in [-0.15, -0.1) is 11.8 Å². The fraction of sp³-hybridized carbons (Fsp3) is 0.417. The van der Waals surface area contributed by atoms with E-state index in [0.717, 1.165) is 14.9 Å². The third-order valence-corrected chi connectivity index (χ3v) is 4.00. The molecule has 1 amide bonds. The van der Waals surface area contributed by atoms with Crippen LogP contribution in [0.25, 0.3) is 0 Å². The molecule has 0 heterocycles. The van der Waals surface area contributed by atoms with Crippen LogP contribution >= 0.6 is 27.7 Å². The van der Waals surface area contributed by atoms with Gasteiger partial charge in [-0.25, -0.2) is 0 Å². The Hall–Kier alpha value is -0.520. The van der Waals surface area contributed by atoms with Gasteiger partial charge in [0.15, 0.2) is 0 Å². The van der Waals surface area contributed by atoms with Crippen LogP contribution in [0, 0.1) is 6.92 Å². The number of thioether (sulfide) groups is 1. The van der Waals surface area contributed by atoms with E-state index < -0.39 is 0 Å². The smallest absolute Gasteiger partial charge is 0.232 e. The lowest BCUT2D eigenvalue weighted by atomic mass is 10.2. The molecule has 0 aliphatic heterocycles. The average molecular weight is 318 g/mol. The number of halogens is 1. The van der Waals surface area contributed by atoms with E-state index in [0.29, 0.717) is 12.3 Å². The Balaban J connectivity index is 2.53. The number of aryl methyl sites for hydroxylation is 1. The van der Waals surface area contributed by atoms with Crippen molar-refractivity contribution in [3.8, 4) is 0 Å². The van der Waals surface area contributed by atoms with Crippen molar-refractivity contribution in [1.82, 2.24) is 4.90 Å². The van der Waals surface area contributed by atoms with Crippen LogP contribution in [0.4, 0.5) is 0 Å². The van der Waals surface area contributed by atoms with Crippen LogP contribution in [0.2, 0.25) is 0 Å². The summed E-state index contributed by atoms with van der Waals surface area (Å²) in [5.74, 6) is 0.435. The molecule has 3 nitrogen and oxygen atoms in total. The maximum Gasteiger partial charge on any atom is 0.232 e. The fourth-order valence-electron chi connectivity index (χ4n) is 1.30. The molecule has 0 fully saturated rings. The number of carbonyl (C=O) groups is 1. The molecule has 1 aromatic rings. The van der Waals surface area contributed by atoms with Gasteiger partial charge in [0.2, 0.25) is 5.91 Å². The average Bonchev–Trinajstić information content (AvgIpc) is 2.27. The lowest BCUT2D eigenvalue weighted by Crippen LogP contribution is -2.30. The van der Waals surface area contributed by atoms with Gasteiger partial charge in [-0.1, -0.05) is 15.9 Å². The van der Waals surface area contributed by atoms with Crippen LogP contribution in [0.3, 0.4) is 0 Å². The molecule has 1 N–H and O–H groups in total. The maximum absolute atomic E-state index is 11.7. The highest BCUT2D eigenvalue weighted by molar-refractivity contribution is 9.10. The summed E-state index contributed by atoms with van der Waals surface area (Å²) in [6, 6.07) is 6.00. The Labute approximate surface area is 114 Å². The van der Waals surface area contributed by atoms with E-state index in [2.05, 4.69) is 15.9 Å². The van der Waals surface area contributed by atoms with Crippen LogP contribution < -0.4 is 0 Å². The number of aliphatic hydroxyl groups excluding tert-OH is 1. The highest BCUT2D eigenvalue weighted by atomic mass is 79.9. The topological polar surface area (TPSA) is 40.5 Å². The van der Waals surface area contributed by atoms with Gasteiger partial charge in [0.05, 0.1) is 12.4 Å². The summed E-state index contributed by atoms with van der Waals surface area (Å²) >= 11 is 4.93. The second-order valence-corrected chi connectivity index (χ2v) is 5.67. The minimum atomic E-state index is 0.00418. The number of nitrogens with zero attached hydrogens (tertiary/aromatic N) is 1. The summed E-state index contributed by atoms with van der Waals surface area (Å²) < 4.78 is 1.04. The third-order valence-electron chi connectivity index (χ3n) is 2.35. The maximum atomic E-state index is 11.7. The van der Waals surface area contributed by atoms with Crippen molar-refractivity contribution in [3.63, 3.8) is 0 Å². The van der Waals surface area contributed by atoms with Gasteiger partial charge >= 0.3 is 0 Å². The number of hydrogen-bond acceptors (Lipinski definition) is 3. The number of aliphatic hydroxyl groups is 1. The highest BCUT2D eigenvalue weighted by Gasteiger charge is 2.09. The summed E-state index contributed by atoms with van der Waals surface area (Å²) in [5.41, 5.74) is 1.15. The largest absolute Gasteiger partial charge is 0.395 e. The standard InChI is InChI=1S/C12H16BrNO2S/c1-9-7-10(13)3-4-11(9)17-8-12(16)14(2)5-6-15/h3-4,7,15H,5-6,8H2,1-2H3. The predicted octanol–water partition coefficient (Wildman–Crippen LogP) is 2.30. The van der Waals surface area contributed by atoms with Crippen LogP contribution in [0.1, 0.15) is 5.56 Å². The van der Waals surface area contributed by atoms with E-state index in [4.69, 9.17) is 5.11 Å². The Bertz CT molecular complexity index is 398. The van der Waals surface area contributed by atoms with Gasteiger partial charge in [0, 0.05) is 23.0 Å². The molecular weight excluding hydrogens is 302 g/mol. The first-order chi connectivity index (χ1) is 8.04. The van der Waals surface area contributed by atoms with E-state index in [-0.39, 0.29) is 12.5 Å². The number of hydrogen-bond donors (Lipinski definition) is 1. The Morgan fingerprint density at radius 2 is 2.24 bits per heavy atom. The molecule has 0 atom stereocenters. The van der Waals surface area contributed by atoms with Crippen molar-refractivity contribution in [3.05, 3.63) is 28.2 Å². The highest BCUT2D eigenvalue weighted by Crippen LogP contribution is 2.25. The minimum Gasteiger partial charge on any atom is -0.395 e. The number of carbonyl (C=O) groups excluding carboxylic acids is 1. The molecule has 1 aromatic carbocycles. The molecule has 0 aliphatic rings. The van der Waals surface area contributed by atoms with E-state index >= 15 is 0 Å². The molecule has 0 saturated heterocycles. The number of amides is 1. The Morgan fingerprint density at radius 1 is 1.53 bits per heavy atom. The van der Waals surface area contributed by atoms with Crippen LogP contribution in [-0.2, 0) is 4.79 Å². The normalized spacial score (nSPS) is 10.4. The second kappa shape index (κ2) is 7.03. The van der Waals surface area contributed by atoms with Gasteiger partial charge in [0.25, 0.3) is 0 Å². The molecule has 17 heavy (non-hydrogen) atoms. The molecule has 0 bridgehead atoms. The van der Waals surface area contributed by atoms with E-state index in [9.17, 15) is 4.79 Å². The third kappa shape index (κ3) is 4.69. The molecule has 5 heteroatoms. The van der Waals surface area contributed by atoms with Crippen molar-refractivity contribution in [2.45, 2.75) is 11.8 Å². The lowest BCUT2D eigenvalue weighted by Gasteiger charge is -2.15.